The van der Waals surface area contributed by atoms with Crippen LogP contribution in [0.5, 0.6) is 0 Å². The van der Waals surface area contributed by atoms with Crippen LogP contribution in [0.15, 0.2) is 24.3 Å². The zero-order valence-corrected chi connectivity index (χ0v) is 6.03. The topological polar surface area (TPSA) is 63.3 Å². The molecule has 0 aliphatic rings. The summed E-state index contributed by atoms with van der Waals surface area (Å²) in [6, 6.07) is 6.97. The molecule has 1 atom stereocenters. The van der Waals surface area contributed by atoms with Gasteiger partial charge in [0.05, 0.1) is 6.42 Å². The van der Waals surface area contributed by atoms with Gasteiger partial charge in [-0.15, -0.1) is 0 Å². The minimum atomic E-state index is -0.862. The molecular formula is C8H10NO2-. The van der Waals surface area contributed by atoms with Crippen molar-refractivity contribution in [3.05, 3.63) is 29.8 Å². The highest BCUT2D eigenvalue weighted by Crippen LogP contribution is 2.13. The van der Waals surface area contributed by atoms with Gasteiger partial charge in [-0.3, -0.25) is 4.79 Å². The highest BCUT2D eigenvalue weighted by molar-refractivity contribution is 5.67. The Bertz CT molecular complexity index is 228. The SMILES string of the molecule is NC(CC(=O)O)c1cc[cH-]c1. The highest BCUT2D eigenvalue weighted by Gasteiger charge is 2.03. The second-order valence-electron chi connectivity index (χ2n) is 2.42. The third-order valence-corrected chi connectivity index (χ3v) is 1.51. The quantitative estimate of drug-likeness (QED) is 0.632. The molecule has 0 bridgehead atoms. The van der Waals surface area contributed by atoms with Crippen LogP contribution in [0, 0.1) is 0 Å². The number of carboxylic acids is 1. The van der Waals surface area contributed by atoms with Crippen LogP contribution in [0.3, 0.4) is 0 Å². The third kappa shape index (κ3) is 2.13. The minimum absolute atomic E-state index is 0.00991. The fraction of sp³-hybridized carbons (Fsp3) is 0.250. The Hall–Kier alpha value is -1.22. The summed E-state index contributed by atoms with van der Waals surface area (Å²) in [4.78, 5) is 10.2. The maximum Gasteiger partial charge on any atom is 0.304 e. The Balaban J connectivity index is 2.56. The fourth-order valence-corrected chi connectivity index (χ4v) is 0.942. The van der Waals surface area contributed by atoms with Gasteiger partial charge in [0.2, 0.25) is 0 Å². The van der Waals surface area contributed by atoms with E-state index in [0.29, 0.717) is 0 Å². The molecule has 0 spiro atoms. The number of carboxylic acid groups (broad SMARTS) is 1. The normalized spacial score (nSPS) is 12.8. The van der Waals surface area contributed by atoms with Crippen molar-refractivity contribution in [2.45, 2.75) is 12.5 Å². The second-order valence-corrected chi connectivity index (χ2v) is 2.42. The number of nitrogens with two attached hydrogens (primary N) is 1. The summed E-state index contributed by atoms with van der Waals surface area (Å²) in [5.41, 5.74) is 6.44. The van der Waals surface area contributed by atoms with E-state index in [0.717, 1.165) is 5.56 Å². The maximum absolute atomic E-state index is 10.2. The first-order chi connectivity index (χ1) is 5.20. The van der Waals surface area contributed by atoms with Crippen molar-refractivity contribution in [3.63, 3.8) is 0 Å². The lowest BCUT2D eigenvalue weighted by atomic mass is 10.1. The molecule has 0 amide bonds. The molecule has 60 valence electrons. The van der Waals surface area contributed by atoms with Crippen molar-refractivity contribution in [1.82, 2.24) is 0 Å². The van der Waals surface area contributed by atoms with Gasteiger partial charge in [0.15, 0.2) is 0 Å². The Kier molecular flexibility index (Phi) is 2.33. The molecule has 0 saturated carbocycles. The summed E-state index contributed by atoms with van der Waals surface area (Å²) >= 11 is 0. The zero-order chi connectivity index (χ0) is 8.27. The van der Waals surface area contributed by atoms with Gasteiger partial charge in [0, 0.05) is 0 Å². The second kappa shape index (κ2) is 3.25. The Morgan fingerprint density at radius 3 is 3.00 bits per heavy atom. The molecular weight excluding hydrogens is 142 g/mol. The van der Waals surface area contributed by atoms with Gasteiger partial charge in [-0.25, -0.2) is 6.07 Å². The largest absolute Gasteiger partial charge is 0.481 e. The molecule has 0 fully saturated rings. The molecule has 11 heavy (non-hydrogen) atoms. The van der Waals surface area contributed by atoms with Crippen LogP contribution in [0.4, 0.5) is 0 Å². The van der Waals surface area contributed by atoms with Crippen LogP contribution in [-0.4, -0.2) is 11.1 Å². The predicted octanol–water partition coefficient (Wildman–Crippen LogP) is 0.880. The van der Waals surface area contributed by atoms with E-state index in [1.165, 1.54) is 0 Å². The lowest BCUT2D eigenvalue weighted by Crippen LogP contribution is -2.13. The summed E-state index contributed by atoms with van der Waals surface area (Å²) in [5, 5.41) is 8.40. The molecule has 3 heteroatoms. The molecule has 1 unspecified atom stereocenters. The summed E-state index contributed by atoms with van der Waals surface area (Å²) < 4.78 is 0. The fourth-order valence-electron chi connectivity index (χ4n) is 0.942. The number of carbonyl (C=O) groups is 1. The van der Waals surface area contributed by atoms with E-state index < -0.39 is 5.97 Å². The van der Waals surface area contributed by atoms with Gasteiger partial charge in [0.25, 0.3) is 0 Å². The van der Waals surface area contributed by atoms with E-state index in [-0.39, 0.29) is 12.5 Å². The van der Waals surface area contributed by atoms with Gasteiger partial charge in [-0.2, -0.15) is 23.8 Å². The summed E-state index contributed by atoms with van der Waals surface area (Å²) in [5.74, 6) is -0.862. The molecule has 1 aromatic carbocycles. The standard InChI is InChI=1S/C8H10NO2/c9-7(5-8(10)11)6-3-1-2-4-6/h1-4,7H,5,9H2,(H,10,11)/q-1. The average molecular weight is 152 g/mol. The average Bonchev–Trinajstić information content (AvgIpc) is 2.35. The van der Waals surface area contributed by atoms with E-state index in [4.69, 9.17) is 10.8 Å². The monoisotopic (exact) mass is 152 g/mol. The third-order valence-electron chi connectivity index (χ3n) is 1.51. The maximum atomic E-state index is 10.2. The zero-order valence-electron chi connectivity index (χ0n) is 6.03. The van der Waals surface area contributed by atoms with Gasteiger partial charge >= 0.3 is 5.97 Å². The molecule has 0 aliphatic heterocycles. The molecule has 0 saturated heterocycles. The van der Waals surface area contributed by atoms with Gasteiger partial charge in [-0.1, -0.05) is 0 Å². The molecule has 3 N–H and O–H groups in total. The first kappa shape index (κ1) is 7.88. The lowest BCUT2D eigenvalue weighted by molar-refractivity contribution is -0.137. The van der Waals surface area contributed by atoms with Gasteiger partial charge < -0.3 is 10.8 Å². The molecule has 0 aromatic heterocycles. The van der Waals surface area contributed by atoms with E-state index in [1.807, 2.05) is 24.3 Å². The number of aliphatic carboxylic acids is 1. The van der Waals surface area contributed by atoms with E-state index in [1.54, 1.807) is 0 Å². The van der Waals surface area contributed by atoms with Crippen molar-refractivity contribution >= 4 is 5.97 Å². The number of rotatable bonds is 3. The predicted molar refractivity (Wildman–Crippen MR) is 41.2 cm³/mol. The van der Waals surface area contributed by atoms with E-state index in [9.17, 15) is 4.79 Å². The van der Waals surface area contributed by atoms with Crippen molar-refractivity contribution in [3.8, 4) is 0 Å². The molecule has 0 aliphatic carbocycles. The van der Waals surface area contributed by atoms with Crippen LogP contribution in [-0.2, 0) is 4.79 Å². The molecule has 3 nitrogen and oxygen atoms in total. The smallest absolute Gasteiger partial charge is 0.304 e. The number of hydrogen-bond donors (Lipinski definition) is 2. The highest BCUT2D eigenvalue weighted by atomic mass is 16.4. The summed E-state index contributed by atoms with van der Waals surface area (Å²) in [7, 11) is 0. The van der Waals surface area contributed by atoms with Crippen molar-refractivity contribution in [1.29, 1.82) is 0 Å². The van der Waals surface area contributed by atoms with Crippen LogP contribution in [0.25, 0.3) is 0 Å². The first-order valence-electron chi connectivity index (χ1n) is 3.39. The molecule has 1 rings (SSSR count). The van der Waals surface area contributed by atoms with Crippen molar-refractivity contribution in [2.75, 3.05) is 0 Å². The van der Waals surface area contributed by atoms with Crippen LogP contribution in [0.1, 0.15) is 18.0 Å². The number of hydrogen-bond acceptors (Lipinski definition) is 2. The van der Waals surface area contributed by atoms with Crippen molar-refractivity contribution in [2.24, 2.45) is 5.73 Å². The molecule has 0 radical (unpaired) electrons. The Morgan fingerprint density at radius 2 is 2.55 bits per heavy atom. The molecule has 0 heterocycles. The van der Waals surface area contributed by atoms with Crippen LogP contribution >= 0.6 is 0 Å². The van der Waals surface area contributed by atoms with Gasteiger partial charge in [-0.05, 0) is 6.04 Å². The summed E-state index contributed by atoms with van der Waals surface area (Å²) in [6.45, 7) is 0. The van der Waals surface area contributed by atoms with Crippen molar-refractivity contribution < 1.29 is 9.90 Å². The Morgan fingerprint density at radius 1 is 1.82 bits per heavy atom. The van der Waals surface area contributed by atoms with Gasteiger partial charge in [0.1, 0.15) is 0 Å². The summed E-state index contributed by atoms with van der Waals surface area (Å²) in [6.07, 6.45) is -0.00991. The minimum Gasteiger partial charge on any atom is -0.481 e. The van der Waals surface area contributed by atoms with E-state index in [2.05, 4.69) is 0 Å². The first-order valence-corrected chi connectivity index (χ1v) is 3.39. The van der Waals surface area contributed by atoms with Crippen LogP contribution in [0.2, 0.25) is 0 Å². The molecule has 1 aromatic rings. The van der Waals surface area contributed by atoms with Crippen LogP contribution < -0.4 is 5.73 Å². The van der Waals surface area contributed by atoms with E-state index >= 15 is 0 Å². The lowest BCUT2D eigenvalue weighted by Gasteiger charge is -2.11. The Labute approximate surface area is 64.8 Å².